The zero-order chi connectivity index (χ0) is 26.5. The molecule has 0 atom stereocenters. The highest BCUT2D eigenvalue weighted by atomic mass is 19.1. The molecule has 4 aromatic rings. The predicted molar refractivity (Wildman–Crippen MR) is 146 cm³/mol. The molecule has 3 N–H and O–H groups in total. The van der Waals surface area contributed by atoms with E-state index in [1.165, 1.54) is 12.1 Å². The molecule has 1 saturated heterocycles. The fourth-order valence-corrected chi connectivity index (χ4v) is 6.24. The molecule has 0 spiro atoms. The molecule has 3 aliphatic heterocycles. The first-order valence-electron chi connectivity index (χ1n) is 13.6. The number of rotatable bonds is 4. The average molecular weight is 528 g/mol. The molecular weight excluding hydrogens is 497 g/mol. The van der Waals surface area contributed by atoms with Gasteiger partial charge >= 0.3 is 6.03 Å². The standard InChI is InChI=1S/C29H30FN7O2/c30-20-11-19-16-36(29(39)34-13-18-4-6-31-7-5-18)10-9-35-17-23(21(12-20)27(19)35)26-22(14-33-28(26)38)24-15-32-25-3-1-2-8-37(24)25/h1-3,8,11-12,15,17-18,31H,4-7,9-10,13-14,16H2,(H,33,38)(H,34,39). The number of piperidine rings is 1. The zero-order valence-electron chi connectivity index (χ0n) is 21.5. The summed E-state index contributed by atoms with van der Waals surface area (Å²) in [7, 11) is 0. The van der Waals surface area contributed by atoms with Gasteiger partial charge in [0.05, 0.1) is 23.0 Å². The van der Waals surface area contributed by atoms with Crippen molar-refractivity contribution in [3.8, 4) is 0 Å². The second kappa shape index (κ2) is 9.53. The lowest BCUT2D eigenvalue weighted by Crippen LogP contribution is -2.43. The zero-order valence-corrected chi connectivity index (χ0v) is 21.5. The van der Waals surface area contributed by atoms with Crippen molar-refractivity contribution in [1.29, 1.82) is 0 Å². The van der Waals surface area contributed by atoms with Crippen LogP contribution in [0.25, 0.3) is 27.7 Å². The second-order valence-corrected chi connectivity index (χ2v) is 10.6. The molecule has 1 fully saturated rings. The summed E-state index contributed by atoms with van der Waals surface area (Å²) in [6, 6.07) is 8.66. The lowest BCUT2D eigenvalue weighted by Gasteiger charge is -2.26. The largest absolute Gasteiger partial charge is 0.348 e. The van der Waals surface area contributed by atoms with Gasteiger partial charge in [0.25, 0.3) is 5.91 Å². The molecule has 10 heteroatoms. The minimum atomic E-state index is -0.385. The van der Waals surface area contributed by atoms with Crippen LogP contribution in [0.15, 0.2) is 48.9 Å². The Labute approximate surface area is 224 Å². The Kier molecular flexibility index (Phi) is 5.84. The van der Waals surface area contributed by atoms with Gasteiger partial charge in [-0.3, -0.25) is 9.20 Å². The van der Waals surface area contributed by atoms with Crippen molar-refractivity contribution in [1.82, 2.24) is 34.8 Å². The van der Waals surface area contributed by atoms with Crippen LogP contribution in [0, 0.1) is 11.7 Å². The van der Waals surface area contributed by atoms with Gasteiger partial charge in [0.1, 0.15) is 11.5 Å². The van der Waals surface area contributed by atoms with Gasteiger partial charge in [-0.2, -0.15) is 0 Å². The van der Waals surface area contributed by atoms with Crippen LogP contribution in [-0.4, -0.2) is 63.5 Å². The van der Waals surface area contributed by atoms with Crippen molar-refractivity contribution in [3.63, 3.8) is 0 Å². The Hall–Kier alpha value is -4.18. The molecule has 3 amide bonds. The summed E-state index contributed by atoms with van der Waals surface area (Å²) in [5.41, 5.74) is 5.30. The summed E-state index contributed by atoms with van der Waals surface area (Å²) < 4.78 is 19.1. The van der Waals surface area contributed by atoms with E-state index >= 15 is 4.39 Å². The molecule has 0 bridgehead atoms. The highest BCUT2D eigenvalue weighted by Gasteiger charge is 2.31. The van der Waals surface area contributed by atoms with Gasteiger partial charge in [0.15, 0.2) is 0 Å². The van der Waals surface area contributed by atoms with Crippen LogP contribution in [0.4, 0.5) is 9.18 Å². The maximum absolute atomic E-state index is 15.0. The van der Waals surface area contributed by atoms with Crippen LogP contribution >= 0.6 is 0 Å². The average Bonchev–Trinajstić information content (AvgIpc) is 3.61. The van der Waals surface area contributed by atoms with Crippen molar-refractivity contribution in [2.75, 3.05) is 32.7 Å². The quantitative estimate of drug-likeness (QED) is 0.380. The lowest BCUT2D eigenvalue weighted by molar-refractivity contribution is -0.114. The molecule has 6 heterocycles. The number of benzene rings is 1. The maximum atomic E-state index is 15.0. The number of nitrogens with one attached hydrogen (secondary N) is 3. The molecule has 0 unspecified atom stereocenters. The van der Waals surface area contributed by atoms with Gasteiger partial charge in [-0.05, 0) is 61.7 Å². The van der Waals surface area contributed by atoms with E-state index in [1.807, 2.05) is 35.0 Å². The summed E-state index contributed by atoms with van der Waals surface area (Å²) in [6.45, 7) is 4.34. The van der Waals surface area contributed by atoms with Crippen molar-refractivity contribution in [2.45, 2.75) is 25.9 Å². The van der Waals surface area contributed by atoms with Gasteiger partial charge in [-0.25, -0.2) is 14.2 Å². The minimum absolute atomic E-state index is 0.121. The molecule has 39 heavy (non-hydrogen) atoms. The van der Waals surface area contributed by atoms with E-state index < -0.39 is 0 Å². The number of imidazole rings is 1. The molecular formula is C29H30FN7O2. The van der Waals surface area contributed by atoms with Gasteiger partial charge in [0, 0.05) is 61.6 Å². The fraction of sp³-hybridized carbons (Fsp3) is 0.345. The summed E-state index contributed by atoms with van der Waals surface area (Å²) >= 11 is 0. The van der Waals surface area contributed by atoms with Gasteiger partial charge in [-0.1, -0.05) is 6.07 Å². The molecule has 9 nitrogen and oxygen atoms in total. The summed E-state index contributed by atoms with van der Waals surface area (Å²) in [6.07, 6.45) is 7.75. The van der Waals surface area contributed by atoms with E-state index in [0.717, 1.165) is 53.9 Å². The van der Waals surface area contributed by atoms with Crippen LogP contribution in [0.3, 0.4) is 0 Å². The number of hydrogen-bond donors (Lipinski definition) is 3. The Balaban J connectivity index is 1.25. The van der Waals surface area contributed by atoms with E-state index in [9.17, 15) is 9.59 Å². The monoisotopic (exact) mass is 527 g/mol. The van der Waals surface area contributed by atoms with Crippen LogP contribution in [0.2, 0.25) is 0 Å². The highest BCUT2D eigenvalue weighted by molar-refractivity contribution is 6.32. The molecule has 0 aliphatic carbocycles. The van der Waals surface area contributed by atoms with E-state index in [0.29, 0.717) is 55.2 Å². The van der Waals surface area contributed by atoms with Crippen LogP contribution < -0.4 is 16.0 Å². The summed E-state index contributed by atoms with van der Waals surface area (Å²) in [5, 5.41) is 10.1. The maximum Gasteiger partial charge on any atom is 0.317 e. The van der Waals surface area contributed by atoms with E-state index in [1.54, 1.807) is 11.1 Å². The third kappa shape index (κ3) is 4.15. The SMILES string of the molecule is O=C1NCC(c2cnc3ccccn23)=C1c1cn2c3c(cc(F)cc13)CN(C(=O)NCC1CCNCC1)CC2. The Bertz CT molecular complexity index is 1650. The molecule has 3 aromatic heterocycles. The number of pyridine rings is 1. The number of urea groups is 1. The van der Waals surface area contributed by atoms with Gasteiger partial charge in [-0.15, -0.1) is 0 Å². The molecule has 7 rings (SSSR count). The predicted octanol–water partition coefficient (Wildman–Crippen LogP) is 2.99. The fourth-order valence-electron chi connectivity index (χ4n) is 6.24. The highest BCUT2D eigenvalue weighted by Crippen LogP contribution is 2.38. The summed E-state index contributed by atoms with van der Waals surface area (Å²) in [5.74, 6) is -0.0899. The van der Waals surface area contributed by atoms with E-state index in [-0.39, 0.29) is 17.8 Å². The molecule has 3 aliphatic rings. The lowest BCUT2D eigenvalue weighted by atomic mass is 9.98. The number of aromatic nitrogens is 3. The van der Waals surface area contributed by atoms with Crippen molar-refractivity contribution in [3.05, 3.63) is 71.6 Å². The van der Waals surface area contributed by atoms with Gasteiger partial charge < -0.3 is 25.4 Å². The smallest absolute Gasteiger partial charge is 0.317 e. The number of carbonyl (C=O) groups excluding carboxylic acids is 2. The molecule has 200 valence electrons. The Morgan fingerprint density at radius 3 is 2.92 bits per heavy atom. The molecule has 0 saturated carbocycles. The van der Waals surface area contributed by atoms with Crippen molar-refractivity contribution >= 4 is 39.6 Å². The Morgan fingerprint density at radius 2 is 2.05 bits per heavy atom. The topological polar surface area (TPSA) is 95.7 Å². The molecule has 0 radical (unpaired) electrons. The van der Waals surface area contributed by atoms with E-state index in [4.69, 9.17) is 0 Å². The van der Waals surface area contributed by atoms with Crippen LogP contribution in [0.5, 0.6) is 0 Å². The number of carbonyl (C=O) groups is 2. The van der Waals surface area contributed by atoms with Crippen molar-refractivity contribution < 1.29 is 14.0 Å². The van der Waals surface area contributed by atoms with Gasteiger partial charge in [0.2, 0.25) is 0 Å². The number of nitrogens with zero attached hydrogens (tertiary/aromatic N) is 4. The second-order valence-electron chi connectivity index (χ2n) is 10.6. The third-order valence-electron chi connectivity index (χ3n) is 8.23. The summed E-state index contributed by atoms with van der Waals surface area (Å²) in [4.78, 5) is 32.5. The first kappa shape index (κ1) is 23.9. The third-order valence-corrected chi connectivity index (χ3v) is 8.23. The number of halogens is 1. The molecule has 1 aromatic carbocycles. The normalized spacial score (nSPS) is 18.2. The number of hydrogen-bond acceptors (Lipinski definition) is 4. The number of amides is 3. The van der Waals surface area contributed by atoms with E-state index in [2.05, 4.69) is 25.5 Å². The Morgan fingerprint density at radius 1 is 1.18 bits per heavy atom. The minimum Gasteiger partial charge on any atom is -0.348 e. The van der Waals surface area contributed by atoms with Crippen LogP contribution in [0.1, 0.15) is 29.7 Å². The first-order chi connectivity index (χ1) is 19.1. The number of fused-ring (bicyclic) bond motifs is 1. The van der Waals surface area contributed by atoms with Crippen molar-refractivity contribution in [2.24, 2.45) is 5.92 Å². The first-order valence-corrected chi connectivity index (χ1v) is 13.6. The van der Waals surface area contributed by atoms with Crippen LogP contribution in [-0.2, 0) is 17.9 Å².